The first-order valence-corrected chi connectivity index (χ1v) is 8.29. The molecule has 0 N–H and O–H groups in total. The molecular weight excluding hydrogens is 390 g/mol. The standard InChI is InChI=1S/C18H14BrNO5/c1-2-23-18(22)25-17(21)16-15(20-9-3-4-10-20)14(11-24-16)12-5-7-13(19)8-6-12/h3-11H,2H2,1H3. The Hall–Kier alpha value is -2.80. The van der Waals surface area contributed by atoms with Gasteiger partial charge in [-0.3, -0.25) is 0 Å². The lowest BCUT2D eigenvalue weighted by Gasteiger charge is -2.07. The predicted molar refractivity (Wildman–Crippen MR) is 93.6 cm³/mol. The molecule has 0 radical (unpaired) electrons. The highest BCUT2D eigenvalue weighted by Crippen LogP contribution is 2.33. The van der Waals surface area contributed by atoms with Crippen LogP contribution in [0.5, 0.6) is 0 Å². The van der Waals surface area contributed by atoms with Gasteiger partial charge in [-0.15, -0.1) is 0 Å². The molecule has 6 nitrogen and oxygen atoms in total. The number of halogens is 1. The fourth-order valence-electron chi connectivity index (χ4n) is 2.34. The highest BCUT2D eigenvalue weighted by Gasteiger charge is 2.26. The zero-order valence-corrected chi connectivity index (χ0v) is 14.9. The van der Waals surface area contributed by atoms with Crippen molar-refractivity contribution < 1.29 is 23.5 Å². The van der Waals surface area contributed by atoms with Crippen LogP contribution in [0.4, 0.5) is 4.79 Å². The van der Waals surface area contributed by atoms with Crippen LogP contribution in [-0.2, 0) is 9.47 Å². The van der Waals surface area contributed by atoms with E-state index in [2.05, 4.69) is 25.4 Å². The Balaban J connectivity index is 2.03. The van der Waals surface area contributed by atoms with Crippen molar-refractivity contribution in [2.45, 2.75) is 6.92 Å². The minimum absolute atomic E-state index is 0.0813. The number of esters is 1. The summed E-state index contributed by atoms with van der Waals surface area (Å²) in [6.07, 6.45) is 3.94. The number of ether oxygens (including phenoxy) is 2. The van der Waals surface area contributed by atoms with Crippen LogP contribution in [-0.4, -0.2) is 23.3 Å². The van der Waals surface area contributed by atoms with E-state index in [-0.39, 0.29) is 12.4 Å². The first kappa shape index (κ1) is 17.0. The first-order chi connectivity index (χ1) is 12.1. The monoisotopic (exact) mass is 403 g/mol. The van der Waals surface area contributed by atoms with E-state index < -0.39 is 12.1 Å². The third kappa shape index (κ3) is 3.66. The molecule has 7 heteroatoms. The molecule has 25 heavy (non-hydrogen) atoms. The highest BCUT2D eigenvalue weighted by atomic mass is 79.9. The number of rotatable bonds is 4. The van der Waals surface area contributed by atoms with Gasteiger partial charge in [-0.25, -0.2) is 9.59 Å². The summed E-state index contributed by atoms with van der Waals surface area (Å²) in [6.45, 7) is 1.73. The lowest BCUT2D eigenvalue weighted by Crippen LogP contribution is -2.15. The lowest BCUT2D eigenvalue weighted by atomic mass is 10.1. The summed E-state index contributed by atoms with van der Waals surface area (Å²) in [6, 6.07) is 11.2. The molecule has 0 unspecified atom stereocenters. The smallest absolute Gasteiger partial charge is 0.455 e. The summed E-state index contributed by atoms with van der Waals surface area (Å²) in [5, 5.41) is 0. The largest absolute Gasteiger partial charge is 0.516 e. The second-order valence-corrected chi connectivity index (χ2v) is 5.91. The molecule has 2 heterocycles. The molecule has 3 aromatic rings. The van der Waals surface area contributed by atoms with E-state index in [4.69, 9.17) is 4.42 Å². The molecular formula is C18H14BrNO5. The van der Waals surface area contributed by atoms with Crippen molar-refractivity contribution in [3.05, 3.63) is 65.3 Å². The van der Waals surface area contributed by atoms with Gasteiger partial charge in [0.05, 0.1) is 6.61 Å². The van der Waals surface area contributed by atoms with E-state index in [1.807, 2.05) is 36.4 Å². The fraction of sp³-hybridized carbons (Fsp3) is 0.111. The second kappa shape index (κ2) is 7.40. The number of carbonyl (C=O) groups is 2. The summed E-state index contributed by atoms with van der Waals surface area (Å²) in [4.78, 5) is 23.7. The number of hydrogen-bond acceptors (Lipinski definition) is 5. The summed E-state index contributed by atoms with van der Waals surface area (Å²) >= 11 is 3.39. The van der Waals surface area contributed by atoms with Crippen molar-refractivity contribution in [3.63, 3.8) is 0 Å². The topological polar surface area (TPSA) is 70.7 Å². The number of aromatic nitrogens is 1. The average molecular weight is 404 g/mol. The van der Waals surface area contributed by atoms with E-state index in [1.165, 1.54) is 6.26 Å². The van der Waals surface area contributed by atoms with Crippen LogP contribution >= 0.6 is 15.9 Å². The van der Waals surface area contributed by atoms with Gasteiger partial charge in [0.25, 0.3) is 0 Å². The van der Waals surface area contributed by atoms with Crippen molar-refractivity contribution >= 4 is 28.1 Å². The van der Waals surface area contributed by atoms with Gasteiger partial charge >= 0.3 is 12.1 Å². The van der Waals surface area contributed by atoms with Gasteiger partial charge < -0.3 is 18.5 Å². The van der Waals surface area contributed by atoms with Crippen LogP contribution in [0.15, 0.2) is 63.9 Å². The van der Waals surface area contributed by atoms with Crippen LogP contribution in [0.2, 0.25) is 0 Å². The van der Waals surface area contributed by atoms with Crippen molar-refractivity contribution in [1.82, 2.24) is 4.57 Å². The minimum Gasteiger partial charge on any atom is -0.455 e. The number of carbonyl (C=O) groups excluding carboxylic acids is 2. The maximum atomic E-state index is 12.3. The van der Waals surface area contributed by atoms with E-state index in [1.54, 1.807) is 23.9 Å². The molecule has 0 aliphatic carbocycles. The van der Waals surface area contributed by atoms with Crippen molar-refractivity contribution in [3.8, 4) is 16.8 Å². The predicted octanol–water partition coefficient (Wildman–Crippen LogP) is 4.81. The number of nitrogens with zero attached hydrogens (tertiary/aromatic N) is 1. The van der Waals surface area contributed by atoms with Crippen molar-refractivity contribution in [1.29, 1.82) is 0 Å². The van der Waals surface area contributed by atoms with Gasteiger partial charge in [0.15, 0.2) is 0 Å². The van der Waals surface area contributed by atoms with E-state index in [0.717, 1.165) is 10.0 Å². The van der Waals surface area contributed by atoms with Gasteiger partial charge in [0, 0.05) is 22.4 Å². The molecule has 0 saturated carbocycles. The Morgan fingerprint density at radius 2 is 1.84 bits per heavy atom. The van der Waals surface area contributed by atoms with E-state index >= 15 is 0 Å². The molecule has 0 spiro atoms. The van der Waals surface area contributed by atoms with Gasteiger partial charge in [0.2, 0.25) is 5.76 Å². The first-order valence-electron chi connectivity index (χ1n) is 7.50. The quantitative estimate of drug-likeness (QED) is 0.461. The number of furan rings is 1. The van der Waals surface area contributed by atoms with Crippen LogP contribution in [0, 0.1) is 0 Å². The maximum absolute atomic E-state index is 12.3. The SMILES string of the molecule is CCOC(=O)OC(=O)c1occ(-c2ccc(Br)cc2)c1-n1cccc1. The van der Waals surface area contributed by atoms with Gasteiger partial charge in [-0.1, -0.05) is 28.1 Å². The molecule has 0 fully saturated rings. The summed E-state index contributed by atoms with van der Waals surface area (Å²) in [5.74, 6) is -0.993. The minimum atomic E-state index is -1.06. The molecule has 128 valence electrons. The molecule has 0 atom stereocenters. The molecule has 1 aromatic carbocycles. The Bertz CT molecular complexity index is 881. The Morgan fingerprint density at radius 1 is 1.16 bits per heavy atom. The second-order valence-electron chi connectivity index (χ2n) is 5.00. The van der Waals surface area contributed by atoms with E-state index in [9.17, 15) is 9.59 Å². The van der Waals surface area contributed by atoms with Crippen LogP contribution < -0.4 is 0 Å². The Kier molecular flexibility index (Phi) is 5.04. The summed E-state index contributed by atoms with van der Waals surface area (Å²) in [5.41, 5.74) is 2.03. The maximum Gasteiger partial charge on any atom is 0.516 e. The van der Waals surface area contributed by atoms with Crippen LogP contribution in [0.3, 0.4) is 0 Å². The lowest BCUT2D eigenvalue weighted by molar-refractivity contribution is 0.0373. The van der Waals surface area contributed by atoms with Crippen LogP contribution in [0.1, 0.15) is 17.5 Å². The third-order valence-corrected chi connectivity index (χ3v) is 3.93. The molecule has 2 aromatic heterocycles. The van der Waals surface area contributed by atoms with Crippen LogP contribution in [0.25, 0.3) is 16.8 Å². The van der Waals surface area contributed by atoms with Gasteiger partial charge in [-0.2, -0.15) is 0 Å². The summed E-state index contributed by atoms with van der Waals surface area (Å²) < 4.78 is 17.4. The third-order valence-electron chi connectivity index (χ3n) is 3.41. The Labute approximate surface area is 152 Å². The molecule has 0 amide bonds. The summed E-state index contributed by atoms with van der Waals surface area (Å²) in [7, 11) is 0. The highest BCUT2D eigenvalue weighted by molar-refractivity contribution is 9.10. The molecule has 0 saturated heterocycles. The molecule has 3 rings (SSSR count). The van der Waals surface area contributed by atoms with Gasteiger partial charge in [0.1, 0.15) is 12.0 Å². The zero-order chi connectivity index (χ0) is 17.8. The molecule has 0 bridgehead atoms. The number of hydrogen-bond donors (Lipinski definition) is 0. The normalized spacial score (nSPS) is 10.5. The van der Waals surface area contributed by atoms with Crippen molar-refractivity contribution in [2.24, 2.45) is 0 Å². The van der Waals surface area contributed by atoms with Crippen molar-refractivity contribution in [2.75, 3.05) is 6.61 Å². The molecule has 0 aliphatic rings. The average Bonchev–Trinajstić information content (AvgIpc) is 3.24. The Morgan fingerprint density at radius 3 is 2.48 bits per heavy atom. The van der Waals surface area contributed by atoms with Gasteiger partial charge in [-0.05, 0) is 36.8 Å². The molecule has 0 aliphatic heterocycles. The zero-order valence-electron chi connectivity index (χ0n) is 13.3. The number of benzene rings is 1. The van der Waals surface area contributed by atoms with E-state index in [0.29, 0.717) is 11.3 Å². The fourth-order valence-corrected chi connectivity index (χ4v) is 2.60.